The van der Waals surface area contributed by atoms with E-state index in [0.717, 1.165) is 12.8 Å². The molecular formula is C10H20N2O2. The molecule has 0 saturated heterocycles. The van der Waals surface area contributed by atoms with Gasteiger partial charge in [0.05, 0.1) is 0 Å². The number of nitrogens with two attached hydrogens (primary N) is 1. The van der Waals surface area contributed by atoms with Gasteiger partial charge in [-0.15, -0.1) is 0 Å². The number of nitrogens with one attached hydrogen (secondary N) is 1. The highest BCUT2D eigenvalue weighted by Crippen LogP contribution is 2.23. The molecule has 0 spiro atoms. The van der Waals surface area contributed by atoms with Crippen LogP contribution in [0.4, 0.5) is 0 Å². The molecule has 1 rings (SSSR count). The van der Waals surface area contributed by atoms with Gasteiger partial charge in [0.15, 0.2) is 0 Å². The van der Waals surface area contributed by atoms with Crippen molar-refractivity contribution >= 4 is 5.91 Å². The molecule has 82 valence electrons. The maximum Gasteiger partial charge on any atom is 0.246 e. The van der Waals surface area contributed by atoms with Gasteiger partial charge in [-0.25, -0.2) is 0 Å². The highest BCUT2D eigenvalue weighted by molar-refractivity contribution is 5.77. The normalized spacial score (nSPS) is 27.3. The van der Waals surface area contributed by atoms with Crippen molar-refractivity contribution in [3.63, 3.8) is 0 Å². The number of carbonyl (C=O) groups excluding carboxylic acids is 1. The molecule has 0 bridgehead atoms. The Bertz CT molecular complexity index is 185. The van der Waals surface area contributed by atoms with Gasteiger partial charge in [-0.3, -0.25) is 4.79 Å². The monoisotopic (exact) mass is 200 g/mol. The van der Waals surface area contributed by atoms with Gasteiger partial charge in [0.1, 0.15) is 6.61 Å². The average molecular weight is 200 g/mol. The summed E-state index contributed by atoms with van der Waals surface area (Å²) in [6.07, 6.45) is 4.61. The first kappa shape index (κ1) is 11.5. The van der Waals surface area contributed by atoms with Gasteiger partial charge in [-0.05, 0) is 25.3 Å². The Morgan fingerprint density at radius 1 is 1.50 bits per heavy atom. The van der Waals surface area contributed by atoms with Crippen LogP contribution in [0.5, 0.6) is 0 Å². The van der Waals surface area contributed by atoms with Crippen LogP contribution in [0.25, 0.3) is 0 Å². The fourth-order valence-electron chi connectivity index (χ4n) is 2.06. The number of methoxy groups -OCH3 is 1. The van der Waals surface area contributed by atoms with Crippen molar-refractivity contribution in [3.05, 3.63) is 0 Å². The van der Waals surface area contributed by atoms with E-state index in [1.807, 2.05) is 0 Å². The lowest BCUT2D eigenvalue weighted by Gasteiger charge is -2.31. The quantitative estimate of drug-likeness (QED) is 0.684. The molecule has 0 heterocycles. The van der Waals surface area contributed by atoms with Crippen LogP contribution in [0.15, 0.2) is 0 Å². The molecule has 0 radical (unpaired) electrons. The maximum atomic E-state index is 11.3. The lowest BCUT2D eigenvalue weighted by molar-refractivity contribution is -0.126. The van der Waals surface area contributed by atoms with Crippen LogP contribution in [0, 0.1) is 5.92 Å². The van der Waals surface area contributed by atoms with E-state index in [9.17, 15) is 4.79 Å². The van der Waals surface area contributed by atoms with Crippen molar-refractivity contribution in [2.45, 2.75) is 31.7 Å². The minimum Gasteiger partial charge on any atom is -0.375 e. The van der Waals surface area contributed by atoms with Crippen molar-refractivity contribution < 1.29 is 9.53 Å². The zero-order chi connectivity index (χ0) is 10.4. The standard InChI is InChI=1S/C10H20N2O2/c1-14-7-10(13)12-9-5-3-2-4-8(9)6-11/h8-9H,2-7,11H2,1H3,(H,12,13). The third kappa shape index (κ3) is 3.27. The summed E-state index contributed by atoms with van der Waals surface area (Å²) in [5.74, 6) is 0.419. The molecule has 14 heavy (non-hydrogen) atoms. The second-order valence-electron chi connectivity index (χ2n) is 3.89. The summed E-state index contributed by atoms with van der Waals surface area (Å²) in [6.45, 7) is 0.811. The minimum atomic E-state index is -0.0298. The number of ether oxygens (including phenoxy) is 1. The van der Waals surface area contributed by atoms with Gasteiger partial charge < -0.3 is 15.8 Å². The first-order valence-electron chi connectivity index (χ1n) is 5.26. The Labute approximate surface area is 85.2 Å². The largest absolute Gasteiger partial charge is 0.375 e. The van der Waals surface area contributed by atoms with Gasteiger partial charge in [-0.2, -0.15) is 0 Å². The van der Waals surface area contributed by atoms with Crippen LogP contribution >= 0.6 is 0 Å². The topological polar surface area (TPSA) is 64.3 Å². The SMILES string of the molecule is COCC(=O)NC1CCCCC1CN. The molecule has 1 amide bonds. The second kappa shape index (κ2) is 5.98. The van der Waals surface area contributed by atoms with E-state index in [4.69, 9.17) is 10.5 Å². The number of hydrogen-bond acceptors (Lipinski definition) is 3. The lowest BCUT2D eigenvalue weighted by atomic mass is 9.84. The lowest BCUT2D eigenvalue weighted by Crippen LogP contribution is -2.45. The number of amides is 1. The summed E-state index contributed by atoms with van der Waals surface area (Å²) >= 11 is 0. The molecule has 4 nitrogen and oxygen atoms in total. The van der Waals surface area contributed by atoms with E-state index in [1.165, 1.54) is 20.0 Å². The number of carbonyl (C=O) groups is 1. The third-order valence-corrected chi connectivity index (χ3v) is 2.83. The van der Waals surface area contributed by atoms with Crippen molar-refractivity contribution in [1.82, 2.24) is 5.32 Å². The van der Waals surface area contributed by atoms with Crippen LogP contribution in [-0.2, 0) is 9.53 Å². The Hall–Kier alpha value is -0.610. The molecule has 1 aliphatic carbocycles. The number of hydrogen-bond donors (Lipinski definition) is 2. The van der Waals surface area contributed by atoms with Gasteiger partial charge in [0.25, 0.3) is 0 Å². The fraction of sp³-hybridized carbons (Fsp3) is 0.900. The van der Waals surface area contributed by atoms with Gasteiger partial charge in [-0.1, -0.05) is 12.8 Å². The first-order chi connectivity index (χ1) is 6.77. The van der Waals surface area contributed by atoms with Gasteiger partial charge in [0, 0.05) is 13.2 Å². The van der Waals surface area contributed by atoms with Gasteiger partial charge in [0.2, 0.25) is 5.91 Å². The molecule has 4 heteroatoms. The zero-order valence-corrected chi connectivity index (χ0v) is 8.79. The van der Waals surface area contributed by atoms with Crippen molar-refractivity contribution in [2.24, 2.45) is 11.7 Å². The van der Waals surface area contributed by atoms with Crippen LogP contribution < -0.4 is 11.1 Å². The van der Waals surface area contributed by atoms with Gasteiger partial charge >= 0.3 is 0 Å². The summed E-state index contributed by atoms with van der Waals surface area (Å²) in [7, 11) is 1.53. The molecule has 1 saturated carbocycles. The van der Waals surface area contributed by atoms with E-state index in [1.54, 1.807) is 0 Å². The van der Waals surface area contributed by atoms with E-state index in [2.05, 4.69) is 5.32 Å². The van der Waals surface area contributed by atoms with Crippen LogP contribution in [0.2, 0.25) is 0 Å². The molecule has 0 aromatic heterocycles. The van der Waals surface area contributed by atoms with E-state index >= 15 is 0 Å². The highest BCUT2D eigenvalue weighted by Gasteiger charge is 2.24. The molecule has 0 aromatic rings. The van der Waals surface area contributed by atoms with E-state index in [0.29, 0.717) is 12.5 Å². The van der Waals surface area contributed by atoms with Crippen LogP contribution in [-0.4, -0.2) is 32.2 Å². The summed E-state index contributed by atoms with van der Waals surface area (Å²) in [5.41, 5.74) is 5.66. The van der Waals surface area contributed by atoms with E-state index in [-0.39, 0.29) is 18.6 Å². The van der Waals surface area contributed by atoms with Crippen LogP contribution in [0.1, 0.15) is 25.7 Å². The summed E-state index contributed by atoms with van der Waals surface area (Å²) in [4.78, 5) is 11.3. The average Bonchev–Trinajstić information content (AvgIpc) is 2.19. The molecule has 0 aromatic carbocycles. The Morgan fingerprint density at radius 2 is 2.21 bits per heavy atom. The molecule has 2 atom stereocenters. The molecule has 1 fully saturated rings. The Kier molecular flexibility index (Phi) is 4.90. The molecule has 1 aliphatic rings. The zero-order valence-electron chi connectivity index (χ0n) is 8.79. The first-order valence-corrected chi connectivity index (χ1v) is 5.26. The Balaban J connectivity index is 2.36. The van der Waals surface area contributed by atoms with Crippen molar-refractivity contribution in [2.75, 3.05) is 20.3 Å². The second-order valence-corrected chi connectivity index (χ2v) is 3.89. The summed E-state index contributed by atoms with van der Waals surface area (Å²) < 4.78 is 4.77. The molecule has 3 N–H and O–H groups in total. The highest BCUT2D eigenvalue weighted by atomic mass is 16.5. The van der Waals surface area contributed by atoms with E-state index < -0.39 is 0 Å². The van der Waals surface area contributed by atoms with Crippen molar-refractivity contribution in [3.8, 4) is 0 Å². The smallest absolute Gasteiger partial charge is 0.246 e. The predicted octanol–water partition coefficient (Wildman–Crippen LogP) is 0.267. The summed E-state index contributed by atoms with van der Waals surface area (Å²) in [6, 6.07) is 0.261. The fourth-order valence-corrected chi connectivity index (χ4v) is 2.06. The Morgan fingerprint density at radius 3 is 2.86 bits per heavy atom. The predicted molar refractivity (Wildman–Crippen MR) is 54.8 cm³/mol. The number of rotatable bonds is 4. The minimum absolute atomic E-state index is 0.0298. The summed E-state index contributed by atoms with van der Waals surface area (Å²) in [5, 5.41) is 2.98. The van der Waals surface area contributed by atoms with Crippen LogP contribution in [0.3, 0.4) is 0 Å². The maximum absolute atomic E-state index is 11.3. The molecular weight excluding hydrogens is 180 g/mol. The molecule has 2 unspecified atom stereocenters. The molecule has 0 aliphatic heterocycles. The third-order valence-electron chi connectivity index (χ3n) is 2.83. The van der Waals surface area contributed by atoms with Crippen molar-refractivity contribution in [1.29, 1.82) is 0 Å².